The number of piperazine rings is 1. The molecule has 0 unspecified atom stereocenters. The Labute approximate surface area is 152 Å². The zero-order valence-corrected chi connectivity index (χ0v) is 14.8. The summed E-state index contributed by atoms with van der Waals surface area (Å²) in [6.45, 7) is 5.31. The van der Waals surface area contributed by atoms with Gasteiger partial charge in [-0.25, -0.2) is 0 Å². The summed E-state index contributed by atoms with van der Waals surface area (Å²) < 4.78 is 10.5. The van der Waals surface area contributed by atoms with E-state index in [9.17, 15) is 9.59 Å². The first-order valence-corrected chi connectivity index (χ1v) is 8.73. The van der Waals surface area contributed by atoms with Crippen molar-refractivity contribution in [2.24, 2.45) is 0 Å². The number of ether oxygens (including phenoxy) is 1. The van der Waals surface area contributed by atoms with Crippen molar-refractivity contribution < 1.29 is 18.7 Å². The smallest absolute Gasteiger partial charge is 0.289 e. The molecule has 2 heterocycles. The summed E-state index contributed by atoms with van der Waals surface area (Å²) in [6, 6.07) is 10.7. The molecule has 26 heavy (non-hydrogen) atoms. The van der Waals surface area contributed by atoms with Crippen molar-refractivity contribution >= 4 is 17.5 Å². The van der Waals surface area contributed by atoms with Crippen molar-refractivity contribution in [2.45, 2.75) is 6.92 Å². The first-order valence-electron chi connectivity index (χ1n) is 8.73. The minimum atomic E-state index is -0.103. The van der Waals surface area contributed by atoms with Gasteiger partial charge in [0, 0.05) is 31.9 Å². The molecule has 1 aromatic heterocycles. The van der Waals surface area contributed by atoms with E-state index in [2.05, 4.69) is 5.32 Å². The molecule has 0 spiro atoms. The second-order valence-corrected chi connectivity index (χ2v) is 6.05. The number of rotatable bonds is 6. The number of hydrogen-bond donors (Lipinski definition) is 1. The van der Waals surface area contributed by atoms with Crippen LogP contribution in [0.1, 0.15) is 17.5 Å². The molecule has 0 radical (unpaired) electrons. The highest BCUT2D eigenvalue weighted by Crippen LogP contribution is 2.16. The lowest BCUT2D eigenvalue weighted by Gasteiger charge is -2.33. The van der Waals surface area contributed by atoms with Crippen molar-refractivity contribution in [3.63, 3.8) is 0 Å². The third-order valence-corrected chi connectivity index (χ3v) is 4.21. The highest BCUT2D eigenvalue weighted by atomic mass is 16.5. The second-order valence-electron chi connectivity index (χ2n) is 6.05. The predicted octanol–water partition coefficient (Wildman–Crippen LogP) is 2.07. The van der Waals surface area contributed by atoms with Gasteiger partial charge in [0.05, 0.1) is 19.4 Å². The van der Waals surface area contributed by atoms with E-state index in [0.717, 1.165) is 11.4 Å². The molecule has 0 saturated carbocycles. The molecule has 1 fully saturated rings. The number of anilines is 1. The molecular weight excluding hydrogens is 334 g/mol. The molecule has 0 atom stereocenters. The fourth-order valence-corrected chi connectivity index (χ4v) is 2.87. The molecule has 3 rings (SSSR count). The molecule has 2 amide bonds. The normalized spacial score (nSPS) is 14.9. The highest BCUT2D eigenvalue weighted by Gasteiger charge is 2.24. The van der Waals surface area contributed by atoms with Crippen LogP contribution < -0.4 is 10.1 Å². The predicted molar refractivity (Wildman–Crippen MR) is 97.3 cm³/mol. The summed E-state index contributed by atoms with van der Waals surface area (Å²) in [6.07, 6.45) is 1.49. The van der Waals surface area contributed by atoms with Gasteiger partial charge >= 0.3 is 0 Å². The number of furan rings is 1. The molecule has 1 aliphatic rings. The summed E-state index contributed by atoms with van der Waals surface area (Å²) in [5, 5.41) is 2.88. The van der Waals surface area contributed by atoms with Gasteiger partial charge in [0.15, 0.2) is 5.76 Å². The van der Waals surface area contributed by atoms with Crippen LogP contribution in [0.2, 0.25) is 0 Å². The Hall–Kier alpha value is -2.80. The minimum Gasteiger partial charge on any atom is -0.494 e. The van der Waals surface area contributed by atoms with Crippen molar-refractivity contribution in [1.29, 1.82) is 0 Å². The Morgan fingerprint density at radius 3 is 2.46 bits per heavy atom. The lowest BCUT2D eigenvalue weighted by Crippen LogP contribution is -2.50. The third kappa shape index (κ3) is 4.64. The molecule has 0 bridgehead atoms. The Bertz CT molecular complexity index is 720. The maximum Gasteiger partial charge on any atom is 0.289 e. The van der Waals surface area contributed by atoms with Gasteiger partial charge < -0.3 is 19.4 Å². The molecule has 1 N–H and O–H groups in total. The molecule has 0 aliphatic carbocycles. The van der Waals surface area contributed by atoms with E-state index in [1.54, 1.807) is 17.0 Å². The third-order valence-electron chi connectivity index (χ3n) is 4.21. The van der Waals surface area contributed by atoms with Gasteiger partial charge in [-0.05, 0) is 43.3 Å². The van der Waals surface area contributed by atoms with E-state index < -0.39 is 0 Å². The average Bonchev–Trinajstić information content (AvgIpc) is 3.18. The van der Waals surface area contributed by atoms with Crippen LogP contribution in [0.15, 0.2) is 47.1 Å². The van der Waals surface area contributed by atoms with E-state index in [1.165, 1.54) is 6.26 Å². The molecule has 2 aromatic rings. The average molecular weight is 357 g/mol. The molecule has 138 valence electrons. The minimum absolute atomic E-state index is 0.0695. The van der Waals surface area contributed by atoms with Crippen molar-refractivity contribution in [2.75, 3.05) is 44.6 Å². The van der Waals surface area contributed by atoms with Gasteiger partial charge in [-0.3, -0.25) is 14.5 Å². The SMILES string of the molecule is CCOc1ccc(NC(=O)CN2CCN(C(=O)c3ccco3)CC2)cc1. The van der Waals surface area contributed by atoms with Gasteiger partial charge in [-0.2, -0.15) is 0 Å². The van der Waals surface area contributed by atoms with Crippen molar-refractivity contribution in [3.8, 4) is 5.75 Å². The molecule has 1 aliphatic heterocycles. The van der Waals surface area contributed by atoms with E-state index in [4.69, 9.17) is 9.15 Å². The van der Waals surface area contributed by atoms with Gasteiger partial charge in [0.1, 0.15) is 5.75 Å². The Morgan fingerprint density at radius 2 is 1.85 bits per heavy atom. The van der Waals surface area contributed by atoms with Crippen LogP contribution in [0.25, 0.3) is 0 Å². The van der Waals surface area contributed by atoms with Crippen LogP contribution in [0.5, 0.6) is 5.75 Å². The van der Waals surface area contributed by atoms with Gasteiger partial charge in [0.25, 0.3) is 5.91 Å². The van der Waals surface area contributed by atoms with Gasteiger partial charge in [-0.15, -0.1) is 0 Å². The Kier molecular flexibility index (Phi) is 5.91. The fraction of sp³-hybridized carbons (Fsp3) is 0.368. The van der Waals surface area contributed by atoms with Gasteiger partial charge in [0.2, 0.25) is 5.91 Å². The van der Waals surface area contributed by atoms with Crippen molar-refractivity contribution in [1.82, 2.24) is 9.80 Å². The summed E-state index contributed by atoms with van der Waals surface area (Å²) in [5.41, 5.74) is 0.741. The standard InChI is InChI=1S/C19H23N3O4/c1-2-25-16-7-5-15(6-8-16)20-18(23)14-21-9-11-22(12-10-21)19(24)17-4-3-13-26-17/h3-8,13H,2,9-12,14H2,1H3,(H,20,23). The van der Waals surface area contributed by atoms with Crippen LogP contribution in [0.4, 0.5) is 5.69 Å². The molecular formula is C19H23N3O4. The zero-order chi connectivity index (χ0) is 18.4. The highest BCUT2D eigenvalue weighted by molar-refractivity contribution is 5.92. The number of carbonyl (C=O) groups is 2. The summed E-state index contributed by atoms with van der Waals surface area (Å²) in [5.74, 6) is 0.961. The first-order chi connectivity index (χ1) is 12.7. The van der Waals surface area contributed by atoms with Crippen LogP contribution in [0, 0.1) is 0 Å². The van der Waals surface area contributed by atoms with E-state index in [-0.39, 0.29) is 11.8 Å². The zero-order valence-electron chi connectivity index (χ0n) is 14.8. The van der Waals surface area contributed by atoms with E-state index in [0.29, 0.717) is 45.1 Å². The topological polar surface area (TPSA) is 75.0 Å². The largest absolute Gasteiger partial charge is 0.494 e. The Balaban J connectivity index is 1.44. The molecule has 7 heteroatoms. The summed E-state index contributed by atoms with van der Waals surface area (Å²) in [4.78, 5) is 28.2. The lowest BCUT2D eigenvalue weighted by molar-refractivity contribution is -0.117. The van der Waals surface area contributed by atoms with Crippen molar-refractivity contribution in [3.05, 3.63) is 48.4 Å². The van der Waals surface area contributed by atoms with Crippen LogP contribution >= 0.6 is 0 Å². The molecule has 7 nitrogen and oxygen atoms in total. The van der Waals surface area contributed by atoms with E-state index >= 15 is 0 Å². The maximum absolute atomic E-state index is 12.2. The Morgan fingerprint density at radius 1 is 1.12 bits per heavy atom. The summed E-state index contributed by atoms with van der Waals surface area (Å²) in [7, 11) is 0. The van der Waals surface area contributed by atoms with Crippen LogP contribution in [-0.4, -0.2) is 60.9 Å². The number of amides is 2. The number of benzene rings is 1. The first kappa shape index (κ1) is 18.0. The number of nitrogens with zero attached hydrogens (tertiary/aromatic N) is 2. The number of carbonyl (C=O) groups excluding carboxylic acids is 2. The number of hydrogen-bond acceptors (Lipinski definition) is 5. The number of nitrogens with one attached hydrogen (secondary N) is 1. The molecule has 1 saturated heterocycles. The molecule has 1 aromatic carbocycles. The van der Waals surface area contributed by atoms with Gasteiger partial charge in [-0.1, -0.05) is 0 Å². The second kappa shape index (κ2) is 8.53. The maximum atomic E-state index is 12.2. The summed E-state index contributed by atoms with van der Waals surface area (Å²) >= 11 is 0. The quantitative estimate of drug-likeness (QED) is 0.857. The lowest BCUT2D eigenvalue weighted by atomic mass is 10.2. The van der Waals surface area contributed by atoms with Crippen LogP contribution in [0.3, 0.4) is 0 Å². The fourth-order valence-electron chi connectivity index (χ4n) is 2.87. The van der Waals surface area contributed by atoms with Crippen LogP contribution in [-0.2, 0) is 4.79 Å². The van der Waals surface area contributed by atoms with E-state index in [1.807, 2.05) is 36.1 Å². The monoisotopic (exact) mass is 357 g/mol.